The molecule has 4 rings (SSSR count). The molecule has 0 saturated carbocycles. The summed E-state index contributed by atoms with van der Waals surface area (Å²) in [6.07, 6.45) is 9.19. The maximum absolute atomic E-state index is 4.46. The highest BCUT2D eigenvalue weighted by Gasteiger charge is 2.20. The van der Waals surface area contributed by atoms with Gasteiger partial charge in [0, 0.05) is 71.1 Å². The molecule has 0 atom stereocenters. The van der Waals surface area contributed by atoms with Gasteiger partial charge in [-0.25, -0.2) is 15.0 Å². The predicted octanol–water partition coefficient (Wildman–Crippen LogP) is 1.62. The van der Waals surface area contributed by atoms with E-state index in [0.29, 0.717) is 0 Å². The number of benzene rings is 1. The van der Waals surface area contributed by atoms with Crippen molar-refractivity contribution in [1.29, 1.82) is 0 Å². The normalized spacial score (nSPS) is 14.9. The Labute approximate surface area is 171 Å². The van der Waals surface area contributed by atoms with E-state index in [4.69, 9.17) is 0 Å². The summed E-state index contributed by atoms with van der Waals surface area (Å²) in [4.78, 5) is 21.7. The van der Waals surface area contributed by atoms with E-state index in [1.807, 2.05) is 25.6 Å². The van der Waals surface area contributed by atoms with Gasteiger partial charge in [-0.1, -0.05) is 24.3 Å². The molecule has 1 aliphatic heterocycles. The minimum absolute atomic E-state index is 0.750. The zero-order valence-electron chi connectivity index (χ0n) is 16.6. The molecule has 0 amide bonds. The topological polar surface area (TPSA) is 74.5 Å². The van der Waals surface area contributed by atoms with Crippen LogP contribution in [0.5, 0.6) is 0 Å². The van der Waals surface area contributed by atoms with Gasteiger partial charge >= 0.3 is 0 Å². The van der Waals surface area contributed by atoms with Crippen LogP contribution in [0.1, 0.15) is 11.1 Å². The van der Waals surface area contributed by atoms with Gasteiger partial charge < -0.3 is 19.7 Å². The summed E-state index contributed by atoms with van der Waals surface area (Å²) in [7, 11) is 1.84. The van der Waals surface area contributed by atoms with Crippen molar-refractivity contribution in [2.45, 2.75) is 13.1 Å². The Morgan fingerprint density at radius 1 is 1.00 bits per heavy atom. The SMILES string of the molecule is CN=C(NCc1ccc(Cn2ccnc2)cc1)N1CCN(c2ncccn2)CC1. The van der Waals surface area contributed by atoms with E-state index in [0.717, 1.165) is 51.2 Å². The molecule has 1 N–H and O–H groups in total. The lowest BCUT2D eigenvalue weighted by Gasteiger charge is -2.36. The van der Waals surface area contributed by atoms with Crippen molar-refractivity contribution >= 4 is 11.9 Å². The Hall–Kier alpha value is -3.42. The van der Waals surface area contributed by atoms with Crippen LogP contribution in [0.2, 0.25) is 0 Å². The van der Waals surface area contributed by atoms with Crippen molar-refractivity contribution in [2.75, 3.05) is 38.1 Å². The summed E-state index contributed by atoms with van der Waals surface area (Å²) in [5, 5.41) is 3.49. The number of guanidine groups is 1. The average molecular weight is 390 g/mol. The first-order valence-electron chi connectivity index (χ1n) is 9.83. The molecule has 8 nitrogen and oxygen atoms in total. The average Bonchev–Trinajstić information content (AvgIpc) is 3.29. The largest absolute Gasteiger partial charge is 0.352 e. The van der Waals surface area contributed by atoms with Crippen LogP contribution in [0.4, 0.5) is 5.95 Å². The van der Waals surface area contributed by atoms with E-state index < -0.39 is 0 Å². The van der Waals surface area contributed by atoms with Gasteiger partial charge in [0.15, 0.2) is 5.96 Å². The molecular weight excluding hydrogens is 364 g/mol. The molecule has 1 fully saturated rings. The zero-order chi connectivity index (χ0) is 19.9. The van der Waals surface area contributed by atoms with Gasteiger partial charge in [0.05, 0.1) is 6.33 Å². The van der Waals surface area contributed by atoms with Crippen molar-refractivity contribution in [3.8, 4) is 0 Å². The van der Waals surface area contributed by atoms with E-state index in [9.17, 15) is 0 Å². The quantitative estimate of drug-likeness (QED) is 0.527. The van der Waals surface area contributed by atoms with Crippen molar-refractivity contribution in [3.63, 3.8) is 0 Å². The summed E-state index contributed by atoms with van der Waals surface area (Å²) < 4.78 is 2.06. The minimum atomic E-state index is 0.750. The maximum atomic E-state index is 4.46. The van der Waals surface area contributed by atoms with Crippen LogP contribution in [0, 0.1) is 0 Å². The van der Waals surface area contributed by atoms with Gasteiger partial charge in [-0.2, -0.15) is 0 Å². The molecule has 0 spiro atoms. The Morgan fingerprint density at radius 2 is 1.72 bits per heavy atom. The number of hydrogen-bond acceptors (Lipinski definition) is 5. The number of nitrogens with zero attached hydrogens (tertiary/aromatic N) is 7. The molecule has 2 aromatic heterocycles. The van der Waals surface area contributed by atoms with Crippen molar-refractivity contribution < 1.29 is 0 Å². The molecule has 3 aromatic rings. The van der Waals surface area contributed by atoms with Gasteiger partial charge in [-0.15, -0.1) is 0 Å². The number of hydrogen-bond donors (Lipinski definition) is 1. The van der Waals surface area contributed by atoms with Crippen LogP contribution in [0.3, 0.4) is 0 Å². The van der Waals surface area contributed by atoms with Crippen LogP contribution in [0.15, 0.2) is 66.4 Å². The fourth-order valence-corrected chi connectivity index (χ4v) is 3.44. The summed E-state index contributed by atoms with van der Waals surface area (Å²) in [5.74, 6) is 1.73. The van der Waals surface area contributed by atoms with E-state index in [2.05, 4.69) is 63.9 Å². The summed E-state index contributed by atoms with van der Waals surface area (Å²) in [5.41, 5.74) is 2.49. The smallest absolute Gasteiger partial charge is 0.225 e. The molecule has 1 saturated heterocycles. The van der Waals surface area contributed by atoms with E-state index >= 15 is 0 Å². The third kappa shape index (κ3) is 4.90. The fraction of sp³-hybridized carbons (Fsp3) is 0.333. The minimum Gasteiger partial charge on any atom is -0.352 e. The first-order valence-corrected chi connectivity index (χ1v) is 9.83. The van der Waals surface area contributed by atoms with Crippen LogP contribution < -0.4 is 10.2 Å². The highest BCUT2D eigenvalue weighted by Crippen LogP contribution is 2.10. The number of nitrogens with one attached hydrogen (secondary N) is 1. The number of aromatic nitrogens is 4. The van der Waals surface area contributed by atoms with Crippen molar-refractivity contribution in [3.05, 3.63) is 72.6 Å². The van der Waals surface area contributed by atoms with Crippen LogP contribution in [-0.2, 0) is 13.1 Å². The summed E-state index contributed by atoms with van der Waals surface area (Å²) in [6.45, 7) is 5.13. The predicted molar refractivity (Wildman–Crippen MR) is 114 cm³/mol. The highest BCUT2D eigenvalue weighted by atomic mass is 15.4. The molecule has 1 aromatic carbocycles. The molecule has 0 unspecified atom stereocenters. The van der Waals surface area contributed by atoms with Gasteiger partial charge in [-0.05, 0) is 17.2 Å². The number of anilines is 1. The molecule has 0 bridgehead atoms. The van der Waals surface area contributed by atoms with Gasteiger partial charge in [0.25, 0.3) is 0 Å². The summed E-state index contributed by atoms with van der Waals surface area (Å²) >= 11 is 0. The first kappa shape index (κ1) is 18.9. The number of piperazine rings is 1. The number of rotatable bonds is 5. The Morgan fingerprint density at radius 3 is 2.38 bits per heavy atom. The zero-order valence-corrected chi connectivity index (χ0v) is 16.6. The molecule has 150 valence electrons. The molecule has 8 heteroatoms. The lowest BCUT2D eigenvalue weighted by molar-refractivity contribution is 0.370. The molecular formula is C21H26N8. The van der Waals surface area contributed by atoms with E-state index in [-0.39, 0.29) is 0 Å². The fourth-order valence-electron chi connectivity index (χ4n) is 3.44. The molecule has 1 aliphatic rings. The Kier molecular flexibility index (Phi) is 5.99. The van der Waals surface area contributed by atoms with Crippen LogP contribution in [0.25, 0.3) is 0 Å². The van der Waals surface area contributed by atoms with Crippen molar-refractivity contribution in [2.24, 2.45) is 4.99 Å². The second kappa shape index (κ2) is 9.18. The monoisotopic (exact) mass is 390 g/mol. The van der Waals surface area contributed by atoms with Gasteiger partial charge in [0.2, 0.25) is 5.95 Å². The summed E-state index contributed by atoms with van der Waals surface area (Å²) in [6, 6.07) is 10.5. The molecule has 29 heavy (non-hydrogen) atoms. The third-order valence-electron chi connectivity index (χ3n) is 5.02. The van der Waals surface area contributed by atoms with E-state index in [1.54, 1.807) is 18.6 Å². The molecule has 0 aliphatic carbocycles. The molecule has 3 heterocycles. The second-order valence-corrected chi connectivity index (χ2v) is 6.98. The Balaban J connectivity index is 1.27. The maximum Gasteiger partial charge on any atom is 0.225 e. The number of aliphatic imine (C=N–C) groups is 1. The van der Waals surface area contributed by atoms with Crippen LogP contribution in [-0.4, -0.2) is 63.6 Å². The number of imidazole rings is 1. The first-order chi connectivity index (χ1) is 14.3. The lowest BCUT2D eigenvalue weighted by Crippen LogP contribution is -2.52. The highest BCUT2D eigenvalue weighted by molar-refractivity contribution is 5.80. The van der Waals surface area contributed by atoms with Gasteiger partial charge in [-0.3, -0.25) is 4.99 Å². The lowest BCUT2D eigenvalue weighted by atomic mass is 10.1. The Bertz CT molecular complexity index is 898. The standard InChI is InChI=1S/C21H26N8/c1-22-20(28-11-13-29(14-12-28)21-24-7-2-8-25-21)26-15-18-3-5-19(6-4-18)16-27-10-9-23-17-27/h2-10,17H,11-16H2,1H3,(H,22,26). The van der Waals surface area contributed by atoms with E-state index in [1.165, 1.54) is 11.1 Å². The molecule has 0 radical (unpaired) electrons. The van der Waals surface area contributed by atoms with Gasteiger partial charge in [0.1, 0.15) is 0 Å². The second-order valence-electron chi connectivity index (χ2n) is 6.98. The third-order valence-corrected chi connectivity index (χ3v) is 5.02. The van der Waals surface area contributed by atoms with Crippen molar-refractivity contribution in [1.82, 2.24) is 29.7 Å². The van der Waals surface area contributed by atoms with Crippen LogP contribution >= 0.6 is 0 Å².